The molecular weight excluding hydrogens is 441 g/mol. The van der Waals surface area contributed by atoms with Gasteiger partial charge < -0.3 is 15.0 Å². The molecule has 0 bridgehead atoms. The van der Waals surface area contributed by atoms with Crippen molar-refractivity contribution in [2.24, 2.45) is 13.0 Å². The average Bonchev–Trinajstić information content (AvgIpc) is 3.03. The van der Waals surface area contributed by atoms with Gasteiger partial charge in [0.05, 0.1) is 22.8 Å². The highest BCUT2D eigenvalue weighted by Gasteiger charge is 2.33. The van der Waals surface area contributed by atoms with E-state index in [4.69, 9.17) is 4.74 Å². The molecule has 2 saturated heterocycles. The van der Waals surface area contributed by atoms with E-state index in [1.54, 1.807) is 22.7 Å². The SMILES string of the molecule is C[C@@H]1CN(C(=O)OC(C)(C)C)CC[C@H]1Nc1cc2c(cc1F)c(C1CCC(=O)NC1=O)nn2C. The molecule has 2 aromatic rings. The van der Waals surface area contributed by atoms with Crippen molar-refractivity contribution in [3.05, 3.63) is 23.6 Å². The van der Waals surface area contributed by atoms with Gasteiger partial charge in [0, 0.05) is 38.0 Å². The van der Waals surface area contributed by atoms with Crippen LogP contribution < -0.4 is 10.6 Å². The number of carbonyl (C=O) groups is 3. The van der Waals surface area contributed by atoms with Crippen molar-refractivity contribution < 1.29 is 23.5 Å². The second kappa shape index (κ2) is 8.88. The summed E-state index contributed by atoms with van der Waals surface area (Å²) in [6.45, 7) is 8.58. The molecule has 4 rings (SSSR count). The number of hydrogen-bond acceptors (Lipinski definition) is 6. The minimum Gasteiger partial charge on any atom is -0.444 e. The lowest BCUT2D eigenvalue weighted by Gasteiger charge is -2.38. The van der Waals surface area contributed by atoms with Crippen LogP contribution >= 0.6 is 0 Å². The van der Waals surface area contributed by atoms with Gasteiger partial charge in [0.1, 0.15) is 11.4 Å². The molecule has 9 nitrogen and oxygen atoms in total. The zero-order chi connectivity index (χ0) is 24.8. The molecule has 1 aromatic carbocycles. The first-order chi connectivity index (χ1) is 15.9. The first-order valence-corrected chi connectivity index (χ1v) is 11.7. The van der Waals surface area contributed by atoms with Crippen LogP contribution in [0, 0.1) is 11.7 Å². The van der Waals surface area contributed by atoms with E-state index in [0.717, 1.165) is 0 Å². The summed E-state index contributed by atoms with van der Waals surface area (Å²) in [5, 5.41) is 10.7. The zero-order valence-electron chi connectivity index (χ0n) is 20.3. The van der Waals surface area contributed by atoms with Crippen LogP contribution in [0.1, 0.15) is 58.6 Å². The van der Waals surface area contributed by atoms with E-state index in [0.29, 0.717) is 48.2 Å². The standard InChI is InChI=1S/C24H32FN5O4/c1-13-12-30(23(33)34-24(2,3)4)9-8-17(13)26-18-11-19-15(10-16(18)25)21(28-29(19)5)14-6-7-20(31)27-22(14)32/h10-11,13-14,17,26H,6-9,12H2,1-5H3,(H,27,31,32)/t13-,14?,17-/m1/s1. The molecule has 2 aliphatic heterocycles. The number of hydrogen-bond donors (Lipinski definition) is 2. The predicted molar refractivity (Wildman–Crippen MR) is 125 cm³/mol. The summed E-state index contributed by atoms with van der Waals surface area (Å²) >= 11 is 0. The molecule has 3 atom stereocenters. The molecule has 0 spiro atoms. The molecule has 184 valence electrons. The zero-order valence-corrected chi connectivity index (χ0v) is 20.3. The number of nitrogens with one attached hydrogen (secondary N) is 2. The largest absolute Gasteiger partial charge is 0.444 e. The van der Waals surface area contributed by atoms with E-state index in [1.165, 1.54) is 6.07 Å². The minimum atomic E-state index is -0.586. The molecule has 3 amide bonds. The van der Waals surface area contributed by atoms with Crippen LogP contribution in [0.4, 0.5) is 14.9 Å². The molecule has 1 aromatic heterocycles. The number of aryl methyl sites for hydroxylation is 1. The second-order valence-electron chi connectivity index (χ2n) is 10.3. The number of imide groups is 1. The third-order valence-electron chi connectivity index (χ3n) is 6.43. The third-order valence-corrected chi connectivity index (χ3v) is 6.43. The lowest BCUT2D eigenvalue weighted by Crippen LogP contribution is -2.49. The monoisotopic (exact) mass is 473 g/mol. The Balaban J connectivity index is 1.51. The first-order valence-electron chi connectivity index (χ1n) is 11.7. The summed E-state index contributed by atoms with van der Waals surface area (Å²) in [7, 11) is 1.75. The number of nitrogens with zero attached hydrogens (tertiary/aromatic N) is 3. The maximum atomic E-state index is 15.2. The highest BCUT2D eigenvalue weighted by atomic mass is 19.1. The Morgan fingerprint density at radius 2 is 2.00 bits per heavy atom. The van der Waals surface area contributed by atoms with E-state index in [2.05, 4.69) is 15.7 Å². The normalized spacial score (nSPS) is 23.7. The maximum absolute atomic E-state index is 15.2. The molecule has 2 fully saturated rings. The third kappa shape index (κ3) is 4.85. The average molecular weight is 474 g/mol. The summed E-state index contributed by atoms with van der Waals surface area (Å²) in [5.41, 5.74) is 0.978. The van der Waals surface area contributed by atoms with E-state index in [9.17, 15) is 14.4 Å². The smallest absolute Gasteiger partial charge is 0.410 e. The molecule has 3 heterocycles. The molecule has 2 N–H and O–H groups in total. The Hall–Kier alpha value is -3.17. The summed E-state index contributed by atoms with van der Waals surface area (Å²) in [5.74, 6) is -1.63. The topological polar surface area (TPSA) is 106 Å². The van der Waals surface area contributed by atoms with Gasteiger partial charge in [-0.3, -0.25) is 19.6 Å². The molecule has 1 unspecified atom stereocenters. The molecular formula is C24H32FN5O4. The van der Waals surface area contributed by atoms with E-state index >= 15 is 4.39 Å². The number of likely N-dealkylation sites (tertiary alicyclic amines) is 1. The number of anilines is 1. The van der Waals surface area contributed by atoms with E-state index in [-0.39, 0.29) is 30.4 Å². The van der Waals surface area contributed by atoms with Crippen molar-refractivity contribution in [3.8, 4) is 0 Å². The number of amides is 3. The summed E-state index contributed by atoms with van der Waals surface area (Å²) in [6, 6.07) is 3.10. The lowest BCUT2D eigenvalue weighted by molar-refractivity contribution is -0.134. The fourth-order valence-corrected chi connectivity index (χ4v) is 4.68. The van der Waals surface area contributed by atoms with Crippen LogP contribution in [-0.2, 0) is 21.4 Å². The van der Waals surface area contributed by atoms with Crippen LogP contribution in [0.2, 0.25) is 0 Å². The molecule has 10 heteroatoms. The number of piperidine rings is 2. The van der Waals surface area contributed by atoms with Crippen molar-refractivity contribution in [3.63, 3.8) is 0 Å². The summed E-state index contributed by atoms with van der Waals surface area (Å²) < 4.78 is 22.3. The highest BCUT2D eigenvalue weighted by Crippen LogP contribution is 2.33. The van der Waals surface area contributed by atoms with Gasteiger partial charge in [0.15, 0.2) is 0 Å². The first kappa shape index (κ1) is 24.0. The van der Waals surface area contributed by atoms with Crippen molar-refractivity contribution in [1.82, 2.24) is 20.0 Å². The van der Waals surface area contributed by atoms with Gasteiger partial charge in [-0.25, -0.2) is 9.18 Å². The summed E-state index contributed by atoms with van der Waals surface area (Å²) in [6.07, 6.45) is 0.911. The van der Waals surface area contributed by atoms with Crippen molar-refractivity contribution >= 4 is 34.5 Å². The van der Waals surface area contributed by atoms with Gasteiger partial charge in [-0.15, -0.1) is 0 Å². The Morgan fingerprint density at radius 3 is 2.65 bits per heavy atom. The Labute approximate surface area is 198 Å². The van der Waals surface area contributed by atoms with Crippen molar-refractivity contribution in [2.45, 2.75) is 64.5 Å². The lowest BCUT2D eigenvalue weighted by atomic mass is 9.92. The quantitative estimate of drug-likeness (QED) is 0.663. The Morgan fingerprint density at radius 1 is 1.26 bits per heavy atom. The van der Waals surface area contributed by atoms with Crippen molar-refractivity contribution in [1.29, 1.82) is 0 Å². The van der Waals surface area contributed by atoms with Crippen molar-refractivity contribution in [2.75, 3.05) is 18.4 Å². The van der Waals surface area contributed by atoms with E-state index in [1.807, 2.05) is 27.7 Å². The second-order valence-corrected chi connectivity index (χ2v) is 10.3. The number of rotatable bonds is 3. The molecule has 2 aliphatic rings. The fraction of sp³-hybridized carbons (Fsp3) is 0.583. The van der Waals surface area contributed by atoms with Crippen LogP contribution in [0.15, 0.2) is 12.1 Å². The van der Waals surface area contributed by atoms with Gasteiger partial charge in [-0.2, -0.15) is 5.10 Å². The Kier molecular flexibility index (Phi) is 6.26. The number of aromatic nitrogens is 2. The fourth-order valence-electron chi connectivity index (χ4n) is 4.68. The van der Waals surface area contributed by atoms with Gasteiger partial charge >= 0.3 is 6.09 Å². The molecule has 0 saturated carbocycles. The van der Waals surface area contributed by atoms with Crippen LogP contribution in [0.5, 0.6) is 0 Å². The number of fused-ring (bicyclic) bond motifs is 1. The van der Waals surface area contributed by atoms with Gasteiger partial charge in [0.25, 0.3) is 0 Å². The minimum absolute atomic E-state index is 0.0199. The Bertz CT molecular complexity index is 1140. The number of benzene rings is 1. The summed E-state index contributed by atoms with van der Waals surface area (Å²) in [4.78, 5) is 37.9. The van der Waals surface area contributed by atoms with Crippen LogP contribution in [0.25, 0.3) is 10.9 Å². The molecule has 0 radical (unpaired) electrons. The van der Waals surface area contributed by atoms with Gasteiger partial charge in [-0.1, -0.05) is 6.92 Å². The van der Waals surface area contributed by atoms with Crippen LogP contribution in [-0.4, -0.2) is 57.3 Å². The molecule has 34 heavy (non-hydrogen) atoms. The number of ether oxygens (including phenoxy) is 1. The molecule has 0 aliphatic carbocycles. The highest BCUT2D eigenvalue weighted by molar-refractivity contribution is 6.02. The van der Waals surface area contributed by atoms with Gasteiger partial charge in [0.2, 0.25) is 11.8 Å². The van der Waals surface area contributed by atoms with Crippen LogP contribution in [0.3, 0.4) is 0 Å². The van der Waals surface area contributed by atoms with Gasteiger partial charge in [-0.05, 0) is 51.7 Å². The maximum Gasteiger partial charge on any atom is 0.410 e. The number of carbonyl (C=O) groups excluding carboxylic acids is 3. The van der Waals surface area contributed by atoms with E-state index < -0.39 is 23.2 Å². The number of halogens is 1. The predicted octanol–water partition coefficient (Wildman–Crippen LogP) is 3.29.